The Labute approximate surface area is 255 Å². The van der Waals surface area contributed by atoms with Crippen LogP contribution < -0.4 is 14.8 Å². The van der Waals surface area contributed by atoms with Gasteiger partial charge in [-0.05, 0) is 71.6 Å². The van der Waals surface area contributed by atoms with Crippen LogP contribution >= 0.6 is 11.6 Å². The number of methoxy groups -OCH3 is 1. The molecule has 0 spiro atoms. The van der Waals surface area contributed by atoms with E-state index in [2.05, 4.69) is 23.3 Å². The van der Waals surface area contributed by atoms with E-state index in [1.54, 1.807) is 43.6 Å². The van der Waals surface area contributed by atoms with Gasteiger partial charge in [-0.15, -0.1) is 0 Å². The van der Waals surface area contributed by atoms with Crippen LogP contribution in [0.5, 0.6) is 11.6 Å². The largest absolute Gasteiger partial charge is 0.485 e. The standard InChI is InChI=1S/C34H32ClN3O5/c1-3-4-30(23-5-7-25(8-6-23)34(41)37-16-15-32(39)40)33(24-9-12-28(35)13-10-24)43-29-18-22(20-36)17-27(19-29)26-11-14-31(42-2)38-21-26/h5-14,17-19,21,30,33H,3-4,15-16H2,1-2H3,(H,37,41)(H,39,40)/t30-,33+/m1/s1. The molecule has 3 aromatic carbocycles. The second-order valence-electron chi connectivity index (χ2n) is 9.95. The number of carboxylic acid groups (broad SMARTS) is 1. The van der Waals surface area contributed by atoms with Crippen molar-refractivity contribution in [2.75, 3.05) is 13.7 Å². The van der Waals surface area contributed by atoms with E-state index >= 15 is 0 Å². The highest BCUT2D eigenvalue weighted by molar-refractivity contribution is 6.30. The normalized spacial score (nSPS) is 12.0. The molecule has 0 radical (unpaired) electrons. The van der Waals surface area contributed by atoms with Gasteiger partial charge in [-0.1, -0.05) is 49.2 Å². The van der Waals surface area contributed by atoms with Crippen molar-refractivity contribution < 1.29 is 24.2 Å². The lowest BCUT2D eigenvalue weighted by Gasteiger charge is -2.29. The maximum Gasteiger partial charge on any atom is 0.305 e. The Kier molecular flexibility index (Phi) is 10.7. The summed E-state index contributed by atoms with van der Waals surface area (Å²) in [5, 5.41) is 21.9. The number of benzene rings is 3. The number of hydrogen-bond acceptors (Lipinski definition) is 6. The lowest BCUT2D eigenvalue weighted by molar-refractivity contribution is -0.136. The summed E-state index contributed by atoms with van der Waals surface area (Å²) in [7, 11) is 1.55. The molecule has 1 aromatic heterocycles. The van der Waals surface area contributed by atoms with Gasteiger partial charge in [0.15, 0.2) is 0 Å². The number of carbonyl (C=O) groups excluding carboxylic acids is 1. The van der Waals surface area contributed by atoms with Gasteiger partial charge in [-0.2, -0.15) is 5.26 Å². The van der Waals surface area contributed by atoms with Crippen molar-refractivity contribution in [2.24, 2.45) is 0 Å². The Bertz CT molecular complexity index is 1580. The Morgan fingerprint density at radius 2 is 1.72 bits per heavy atom. The monoisotopic (exact) mass is 597 g/mol. The zero-order chi connectivity index (χ0) is 30.8. The van der Waals surface area contributed by atoms with Gasteiger partial charge in [0, 0.05) is 40.9 Å². The number of nitrogens with zero attached hydrogens (tertiary/aromatic N) is 2. The van der Waals surface area contributed by atoms with E-state index in [-0.39, 0.29) is 24.8 Å². The third-order valence-electron chi connectivity index (χ3n) is 6.97. The van der Waals surface area contributed by atoms with E-state index in [4.69, 9.17) is 26.2 Å². The average Bonchev–Trinajstić information content (AvgIpc) is 3.03. The fourth-order valence-corrected chi connectivity index (χ4v) is 4.95. The van der Waals surface area contributed by atoms with E-state index in [1.807, 2.05) is 48.5 Å². The molecule has 0 saturated heterocycles. The summed E-state index contributed by atoms with van der Waals surface area (Å²) >= 11 is 6.22. The number of aromatic nitrogens is 1. The molecule has 0 saturated carbocycles. The number of aliphatic carboxylic acids is 1. The van der Waals surface area contributed by atoms with Gasteiger partial charge in [0.1, 0.15) is 11.9 Å². The van der Waals surface area contributed by atoms with Gasteiger partial charge in [0.05, 0.1) is 25.2 Å². The summed E-state index contributed by atoms with van der Waals surface area (Å²) < 4.78 is 11.9. The van der Waals surface area contributed by atoms with E-state index in [0.29, 0.717) is 27.8 Å². The SMILES string of the molecule is CCC[C@H](c1ccc(C(=O)NCCC(=O)O)cc1)[C@@H](Oc1cc(C#N)cc(-c2ccc(OC)nc2)c1)c1ccc(Cl)cc1. The summed E-state index contributed by atoms with van der Waals surface area (Å²) in [5.74, 6) is -0.392. The van der Waals surface area contributed by atoms with Crippen LogP contribution in [0.4, 0.5) is 0 Å². The highest BCUT2D eigenvalue weighted by Gasteiger charge is 2.27. The van der Waals surface area contributed by atoms with Crippen molar-refractivity contribution >= 4 is 23.5 Å². The minimum atomic E-state index is -0.973. The molecule has 0 fully saturated rings. The van der Waals surface area contributed by atoms with Crippen molar-refractivity contribution in [3.05, 3.63) is 112 Å². The third kappa shape index (κ3) is 8.34. The molecule has 1 amide bonds. The topological polar surface area (TPSA) is 122 Å². The number of halogens is 1. The maximum absolute atomic E-state index is 12.5. The third-order valence-corrected chi connectivity index (χ3v) is 7.22. The van der Waals surface area contributed by atoms with Crippen molar-refractivity contribution in [3.63, 3.8) is 0 Å². The molecule has 220 valence electrons. The highest BCUT2D eigenvalue weighted by atomic mass is 35.5. The van der Waals surface area contributed by atoms with Crippen LogP contribution in [-0.2, 0) is 4.79 Å². The van der Waals surface area contributed by atoms with Gasteiger partial charge < -0.3 is 19.9 Å². The predicted molar refractivity (Wildman–Crippen MR) is 164 cm³/mol. The molecule has 43 heavy (non-hydrogen) atoms. The van der Waals surface area contributed by atoms with Crippen LogP contribution in [0.2, 0.25) is 5.02 Å². The minimum Gasteiger partial charge on any atom is -0.485 e. The number of amides is 1. The Hall–Kier alpha value is -4.87. The number of ether oxygens (including phenoxy) is 2. The number of carbonyl (C=O) groups is 2. The van der Waals surface area contributed by atoms with Gasteiger partial charge in [-0.3, -0.25) is 9.59 Å². The quantitative estimate of drug-likeness (QED) is 0.167. The molecule has 2 N–H and O–H groups in total. The second-order valence-corrected chi connectivity index (χ2v) is 10.4. The summed E-state index contributed by atoms with van der Waals surface area (Å²) in [6, 6.07) is 26.0. The first-order chi connectivity index (χ1) is 20.8. The molecular weight excluding hydrogens is 566 g/mol. The number of hydrogen-bond donors (Lipinski definition) is 2. The number of rotatable bonds is 13. The molecule has 0 unspecified atom stereocenters. The van der Waals surface area contributed by atoms with Gasteiger partial charge in [0.25, 0.3) is 5.91 Å². The van der Waals surface area contributed by atoms with Crippen molar-refractivity contribution in [3.8, 4) is 28.8 Å². The molecule has 8 nitrogen and oxygen atoms in total. The Morgan fingerprint density at radius 1 is 1.00 bits per heavy atom. The first-order valence-electron chi connectivity index (χ1n) is 13.9. The lowest BCUT2D eigenvalue weighted by Crippen LogP contribution is -2.26. The van der Waals surface area contributed by atoms with Crippen LogP contribution in [-0.4, -0.2) is 35.6 Å². The number of carboxylic acids is 1. The van der Waals surface area contributed by atoms with E-state index in [0.717, 1.165) is 35.1 Å². The molecule has 9 heteroatoms. The summed E-state index contributed by atoms with van der Waals surface area (Å²) in [6.45, 7) is 2.15. The van der Waals surface area contributed by atoms with Crippen molar-refractivity contribution in [1.29, 1.82) is 5.26 Å². The second kappa shape index (κ2) is 14.9. The number of nitriles is 1. The lowest BCUT2D eigenvalue weighted by atomic mass is 9.85. The molecule has 4 aromatic rings. The molecule has 4 rings (SSSR count). The molecule has 0 aliphatic rings. The van der Waals surface area contributed by atoms with Crippen LogP contribution in [0.15, 0.2) is 85.1 Å². The summed E-state index contributed by atoms with van der Waals surface area (Å²) in [5.41, 5.74) is 4.36. The van der Waals surface area contributed by atoms with Crippen molar-refractivity contribution in [2.45, 2.75) is 38.2 Å². The number of nitrogens with one attached hydrogen (secondary N) is 1. The highest BCUT2D eigenvalue weighted by Crippen LogP contribution is 2.40. The summed E-state index contributed by atoms with van der Waals surface area (Å²) in [6.07, 6.45) is 2.76. The predicted octanol–water partition coefficient (Wildman–Crippen LogP) is 7.19. The van der Waals surface area contributed by atoms with Gasteiger partial charge in [0.2, 0.25) is 5.88 Å². The first kappa shape index (κ1) is 31.1. The fourth-order valence-electron chi connectivity index (χ4n) is 4.82. The zero-order valence-corrected chi connectivity index (χ0v) is 24.7. The smallest absolute Gasteiger partial charge is 0.305 e. The first-order valence-corrected chi connectivity index (χ1v) is 14.3. The Morgan fingerprint density at radius 3 is 2.33 bits per heavy atom. The molecular formula is C34H32ClN3O5. The van der Waals surface area contributed by atoms with Crippen LogP contribution in [0, 0.1) is 11.3 Å². The maximum atomic E-state index is 12.5. The van der Waals surface area contributed by atoms with Crippen LogP contribution in [0.25, 0.3) is 11.1 Å². The Balaban J connectivity index is 1.69. The summed E-state index contributed by atoms with van der Waals surface area (Å²) in [4.78, 5) is 27.6. The molecule has 2 atom stereocenters. The van der Waals surface area contributed by atoms with E-state index in [1.165, 1.54) is 0 Å². The molecule has 0 aliphatic heterocycles. The van der Waals surface area contributed by atoms with Crippen molar-refractivity contribution in [1.82, 2.24) is 10.3 Å². The number of pyridine rings is 1. The van der Waals surface area contributed by atoms with E-state index < -0.39 is 12.1 Å². The molecule has 0 aliphatic carbocycles. The minimum absolute atomic E-state index is 0.0528. The van der Waals surface area contributed by atoms with Crippen LogP contribution in [0.3, 0.4) is 0 Å². The van der Waals surface area contributed by atoms with E-state index in [9.17, 15) is 14.9 Å². The molecule has 0 bridgehead atoms. The fraction of sp³-hybridized carbons (Fsp3) is 0.235. The molecule has 1 heterocycles. The van der Waals surface area contributed by atoms with Gasteiger partial charge >= 0.3 is 5.97 Å². The average molecular weight is 598 g/mol. The zero-order valence-electron chi connectivity index (χ0n) is 23.9. The van der Waals surface area contributed by atoms with Crippen LogP contribution in [0.1, 0.15) is 65.3 Å². The van der Waals surface area contributed by atoms with Gasteiger partial charge in [-0.25, -0.2) is 4.98 Å².